The summed E-state index contributed by atoms with van der Waals surface area (Å²) in [6.07, 6.45) is 5.48. The molecule has 18 heavy (non-hydrogen) atoms. The molecule has 1 atom stereocenters. The zero-order valence-corrected chi connectivity index (χ0v) is 10.4. The molecule has 1 nitrogen and oxygen atoms in total. The van der Waals surface area contributed by atoms with Crippen LogP contribution < -0.4 is 0 Å². The maximum absolute atomic E-state index is 9.98. The van der Waals surface area contributed by atoms with Gasteiger partial charge in [0.05, 0.1) is 6.10 Å². The summed E-state index contributed by atoms with van der Waals surface area (Å²) in [4.78, 5) is 0. The molecule has 1 heteroatoms. The third kappa shape index (κ3) is 3.86. The van der Waals surface area contributed by atoms with E-state index in [2.05, 4.69) is 24.3 Å². The molecule has 2 aromatic rings. The van der Waals surface area contributed by atoms with E-state index < -0.39 is 0 Å². The molecular weight excluding hydrogens is 220 g/mol. The molecule has 92 valence electrons. The minimum absolute atomic E-state index is 0.369. The Labute approximate surface area is 108 Å². The van der Waals surface area contributed by atoms with Crippen LogP contribution in [0.1, 0.15) is 30.1 Å². The molecule has 2 aromatic carbocycles. The molecule has 0 amide bonds. The average molecular weight is 238 g/mol. The highest BCUT2D eigenvalue weighted by Crippen LogP contribution is 2.18. The summed E-state index contributed by atoms with van der Waals surface area (Å²) >= 11 is 0. The summed E-state index contributed by atoms with van der Waals surface area (Å²) in [6, 6.07) is 20.0. The zero-order valence-electron chi connectivity index (χ0n) is 10.4. The van der Waals surface area contributed by atoms with Gasteiger partial charge >= 0.3 is 0 Å². The van der Waals surface area contributed by atoms with Gasteiger partial charge < -0.3 is 5.11 Å². The van der Waals surface area contributed by atoms with E-state index in [0.717, 1.165) is 18.4 Å². The molecule has 2 rings (SSSR count). The molecular formula is C17H18O. The Morgan fingerprint density at radius 2 is 1.50 bits per heavy atom. The van der Waals surface area contributed by atoms with Crippen LogP contribution in [-0.4, -0.2) is 5.11 Å². The largest absolute Gasteiger partial charge is 0.388 e. The molecule has 0 heterocycles. The van der Waals surface area contributed by atoms with Crippen LogP contribution in [-0.2, 0) is 0 Å². The van der Waals surface area contributed by atoms with Gasteiger partial charge in [0.1, 0.15) is 0 Å². The monoisotopic (exact) mass is 238 g/mol. The van der Waals surface area contributed by atoms with E-state index in [1.54, 1.807) is 0 Å². The Hall–Kier alpha value is -1.86. The van der Waals surface area contributed by atoms with Crippen LogP contribution in [0.25, 0.3) is 6.08 Å². The first-order valence-electron chi connectivity index (χ1n) is 6.31. The van der Waals surface area contributed by atoms with Crippen molar-refractivity contribution in [2.75, 3.05) is 0 Å². The van der Waals surface area contributed by atoms with Gasteiger partial charge in [-0.3, -0.25) is 0 Å². The molecule has 0 saturated carbocycles. The number of aliphatic hydroxyl groups is 1. The van der Waals surface area contributed by atoms with E-state index in [9.17, 15) is 5.11 Å². The van der Waals surface area contributed by atoms with Gasteiger partial charge in [0.25, 0.3) is 0 Å². The predicted molar refractivity (Wildman–Crippen MR) is 76.1 cm³/mol. The molecule has 0 radical (unpaired) electrons. The lowest BCUT2D eigenvalue weighted by atomic mass is 10.0. The second-order valence-corrected chi connectivity index (χ2v) is 4.32. The predicted octanol–water partition coefficient (Wildman–Crippen LogP) is 4.21. The van der Waals surface area contributed by atoms with Crippen LogP contribution in [0.3, 0.4) is 0 Å². The van der Waals surface area contributed by atoms with Gasteiger partial charge in [0.2, 0.25) is 0 Å². The normalized spacial score (nSPS) is 12.7. The second kappa shape index (κ2) is 6.77. The molecule has 0 spiro atoms. The maximum Gasteiger partial charge on any atom is 0.0793 e. The maximum atomic E-state index is 9.98. The first-order valence-corrected chi connectivity index (χ1v) is 6.31. The SMILES string of the molecule is OC(CCC=Cc1ccccc1)c1ccccc1. The van der Waals surface area contributed by atoms with Crippen LogP contribution >= 0.6 is 0 Å². The molecule has 0 aliphatic carbocycles. The van der Waals surface area contributed by atoms with E-state index in [1.165, 1.54) is 5.56 Å². The summed E-state index contributed by atoms with van der Waals surface area (Å²) < 4.78 is 0. The van der Waals surface area contributed by atoms with Crippen molar-refractivity contribution in [1.29, 1.82) is 0 Å². The van der Waals surface area contributed by atoms with Crippen molar-refractivity contribution < 1.29 is 5.11 Å². The van der Waals surface area contributed by atoms with Gasteiger partial charge in [0, 0.05) is 0 Å². The number of aliphatic hydroxyl groups excluding tert-OH is 1. The van der Waals surface area contributed by atoms with E-state index in [1.807, 2.05) is 48.5 Å². The van der Waals surface area contributed by atoms with Crippen LogP contribution in [0, 0.1) is 0 Å². The fourth-order valence-electron chi connectivity index (χ4n) is 1.88. The van der Waals surface area contributed by atoms with Gasteiger partial charge in [-0.05, 0) is 24.0 Å². The molecule has 0 aliphatic rings. The topological polar surface area (TPSA) is 20.2 Å². The summed E-state index contributed by atoms with van der Waals surface area (Å²) in [5.41, 5.74) is 2.19. The van der Waals surface area contributed by atoms with Gasteiger partial charge in [-0.2, -0.15) is 0 Å². The smallest absolute Gasteiger partial charge is 0.0793 e. The van der Waals surface area contributed by atoms with Crippen molar-refractivity contribution in [3.63, 3.8) is 0 Å². The zero-order chi connectivity index (χ0) is 12.6. The van der Waals surface area contributed by atoms with Crippen molar-refractivity contribution in [1.82, 2.24) is 0 Å². The highest BCUT2D eigenvalue weighted by atomic mass is 16.3. The Morgan fingerprint density at radius 3 is 2.17 bits per heavy atom. The number of hydrogen-bond acceptors (Lipinski definition) is 1. The van der Waals surface area contributed by atoms with E-state index in [4.69, 9.17) is 0 Å². The van der Waals surface area contributed by atoms with Crippen LogP contribution in [0.5, 0.6) is 0 Å². The first kappa shape index (κ1) is 12.6. The first-order chi connectivity index (χ1) is 8.86. The van der Waals surface area contributed by atoms with E-state index >= 15 is 0 Å². The second-order valence-electron chi connectivity index (χ2n) is 4.32. The lowest BCUT2D eigenvalue weighted by molar-refractivity contribution is 0.169. The molecule has 0 bridgehead atoms. The lowest BCUT2D eigenvalue weighted by Crippen LogP contribution is -1.95. The molecule has 0 aromatic heterocycles. The van der Waals surface area contributed by atoms with Gasteiger partial charge in [-0.1, -0.05) is 72.8 Å². The van der Waals surface area contributed by atoms with Crippen LogP contribution in [0.15, 0.2) is 66.7 Å². The van der Waals surface area contributed by atoms with Crippen molar-refractivity contribution in [2.24, 2.45) is 0 Å². The Kier molecular flexibility index (Phi) is 4.74. The van der Waals surface area contributed by atoms with E-state index in [0.29, 0.717) is 0 Å². The minimum atomic E-state index is -0.369. The highest BCUT2D eigenvalue weighted by molar-refractivity contribution is 5.48. The lowest BCUT2D eigenvalue weighted by Gasteiger charge is -2.08. The fraction of sp³-hybridized carbons (Fsp3) is 0.176. The number of hydrogen-bond donors (Lipinski definition) is 1. The quantitative estimate of drug-likeness (QED) is 0.827. The Bertz CT molecular complexity index is 473. The van der Waals surface area contributed by atoms with Crippen LogP contribution in [0.2, 0.25) is 0 Å². The number of allylic oxidation sites excluding steroid dienone is 1. The van der Waals surface area contributed by atoms with Crippen LogP contribution in [0.4, 0.5) is 0 Å². The van der Waals surface area contributed by atoms with Gasteiger partial charge in [-0.25, -0.2) is 0 Å². The number of rotatable bonds is 5. The Balaban J connectivity index is 1.81. The fourth-order valence-corrected chi connectivity index (χ4v) is 1.88. The van der Waals surface area contributed by atoms with Gasteiger partial charge in [0.15, 0.2) is 0 Å². The highest BCUT2D eigenvalue weighted by Gasteiger charge is 2.04. The molecule has 0 aliphatic heterocycles. The molecule has 0 saturated heterocycles. The molecule has 1 N–H and O–H groups in total. The minimum Gasteiger partial charge on any atom is -0.388 e. The third-order valence-corrected chi connectivity index (χ3v) is 2.90. The van der Waals surface area contributed by atoms with Crippen molar-refractivity contribution >= 4 is 6.08 Å². The van der Waals surface area contributed by atoms with Crippen molar-refractivity contribution in [2.45, 2.75) is 18.9 Å². The molecule has 1 unspecified atom stereocenters. The van der Waals surface area contributed by atoms with Crippen molar-refractivity contribution in [3.8, 4) is 0 Å². The summed E-state index contributed by atoms with van der Waals surface area (Å²) in [5.74, 6) is 0. The summed E-state index contributed by atoms with van der Waals surface area (Å²) in [5, 5.41) is 9.98. The summed E-state index contributed by atoms with van der Waals surface area (Å²) in [6.45, 7) is 0. The number of benzene rings is 2. The van der Waals surface area contributed by atoms with E-state index in [-0.39, 0.29) is 6.10 Å². The standard InChI is InChI=1S/C17H18O/c18-17(16-12-5-2-6-13-16)14-8-7-11-15-9-3-1-4-10-15/h1-7,9-13,17-18H,8,14H2. The van der Waals surface area contributed by atoms with Crippen molar-refractivity contribution in [3.05, 3.63) is 77.9 Å². The Morgan fingerprint density at radius 1 is 0.889 bits per heavy atom. The summed E-state index contributed by atoms with van der Waals surface area (Å²) in [7, 11) is 0. The average Bonchev–Trinajstić information content (AvgIpc) is 2.45. The van der Waals surface area contributed by atoms with Gasteiger partial charge in [-0.15, -0.1) is 0 Å². The molecule has 0 fully saturated rings. The third-order valence-electron chi connectivity index (χ3n) is 2.90.